The van der Waals surface area contributed by atoms with E-state index in [4.69, 9.17) is 9.15 Å². The summed E-state index contributed by atoms with van der Waals surface area (Å²) in [4.78, 5) is 17.9. The predicted molar refractivity (Wildman–Crippen MR) is 81.9 cm³/mol. The number of nitrogens with zero attached hydrogens (tertiary/aromatic N) is 3. The van der Waals surface area contributed by atoms with Crippen molar-refractivity contribution in [2.75, 3.05) is 19.8 Å². The van der Waals surface area contributed by atoms with Crippen LogP contribution in [-0.4, -0.2) is 45.7 Å². The molecule has 3 aromatic rings. The normalized spacial score (nSPS) is 18.5. The second-order valence-corrected chi connectivity index (χ2v) is 5.49. The number of ether oxygens (including phenoxy) is 1. The first-order valence-electron chi connectivity index (χ1n) is 7.49. The van der Waals surface area contributed by atoms with Gasteiger partial charge < -0.3 is 19.0 Å². The maximum absolute atomic E-state index is 13.1. The molecule has 7 nitrogen and oxygen atoms in total. The molecule has 118 valence electrons. The van der Waals surface area contributed by atoms with Crippen LogP contribution in [0.25, 0.3) is 10.9 Å². The first kappa shape index (κ1) is 14.0. The number of amides is 1. The third-order valence-electron chi connectivity index (χ3n) is 4.04. The number of hydrogen-bond acceptors (Lipinski definition) is 5. The van der Waals surface area contributed by atoms with Crippen molar-refractivity contribution in [3.8, 4) is 0 Å². The fraction of sp³-hybridized carbons (Fsp3) is 0.312. The topological polar surface area (TPSA) is 84.3 Å². The van der Waals surface area contributed by atoms with Gasteiger partial charge in [-0.05, 0) is 18.2 Å². The molecule has 0 bridgehead atoms. The second kappa shape index (κ2) is 5.51. The molecule has 0 saturated carbocycles. The molecule has 0 aliphatic carbocycles. The van der Waals surface area contributed by atoms with Gasteiger partial charge in [-0.2, -0.15) is 0 Å². The van der Waals surface area contributed by atoms with E-state index in [2.05, 4.69) is 15.2 Å². The first-order valence-corrected chi connectivity index (χ1v) is 7.49. The third-order valence-corrected chi connectivity index (χ3v) is 4.04. The minimum atomic E-state index is -0.355. The molecule has 1 saturated heterocycles. The molecule has 1 fully saturated rings. The Balaban J connectivity index is 1.72. The van der Waals surface area contributed by atoms with E-state index >= 15 is 0 Å². The molecular formula is C16H16N4O3. The van der Waals surface area contributed by atoms with Gasteiger partial charge in [-0.1, -0.05) is 6.07 Å². The van der Waals surface area contributed by atoms with Gasteiger partial charge in [0.1, 0.15) is 6.04 Å². The number of H-pyrrole nitrogens is 1. The lowest BCUT2D eigenvalue weighted by Crippen LogP contribution is -2.43. The van der Waals surface area contributed by atoms with E-state index in [9.17, 15) is 4.79 Å². The van der Waals surface area contributed by atoms with Gasteiger partial charge in [0, 0.05) is 36.1 Å². The largest absolute Gasteiger partial charge is 0.423 e. The van der Waals surface area contributed by atoms with Gasteiger partial charge in [-0.25, -0.2) is 0 Å². The van der Waals surface area contributed by atoms with Crippen molar-refractivity contribution in [3.05, 3.63) is 47.8 Å². The van der Waals surface area contributed by atoms with Crippen LogP contribution in [0.15, 0.2) is 34.9 Å². The van der Waals surface area contributed by atoms with E-state index in [1.165, 1.54) is 0 Å². The van der Waals surface area contributed by atoms with Crippen molar-refractivity contribution >= 4 is 16.8 Å². The Hall–Kier alpha value is -2.67. The van der Waals surface area contributed by atoms with E-state index in [1.54, 1.807) is 11.8 Å². The molecule has 1 N–H and O–H groups in total. The summed E-state index contributed by atoms with van der Waals surface area (Å²) in [6, 6.07) is 7.22. The number of hydrogen-bond donors (Lipinski definition) is 1. The van der Waals surface area contributed by atoms with E-state index in [0.29, 0.717) is 37.1 Å². The van der Waals surface area contributed by atoms with Crippen LogP contribution in [0, 0.1) is 6.92 Å². The molecule has 1 amide bonds. The van der Waals surface area contributed by atoms with E-state index in [1.807, 2.05) is 30.5 Å². The highest BCUT2D eigenvalue weighted by molar-refractivity contribution is 6.06. The van der Waals surface area contributed by atoms with Gasteiger partial charge in [0.25, 0.3) is 5.91 Å². The molecule has 2 aromatic heterocycles. The summed E-state index contributed by atoms with van der Waals surface area (Å²) in [5.74, 6) is 0.835. The van der Waals surface area contributed by atoms with Gasteiger partial charge in [0.2, 0.25) is 11.8 Å². The number of carbonyl (C=O) groups is 1. The van der Waals surface area contributed by atoms with Crippen LogP contribution in [0.3, 0.4) is 0 Å². The summed E-state index contributed by atoms with van der Waals surface area (Å²) in [5, 5.41) is 8.81. The summed E-state index contributed by atoms with van der Waals surface area (Å²) in [7, 11) is 0. The van der Waals surface area contributed by atoms with Crippen LogP contribution in [-0.2, 0) is 4.74 Å². The van der Waals surface area contributed by atoms with Crippen LogP contribution >= 0.6 is 0 Å². The SMILES string of the molecule is Cc1nnc(C2COCCN2C(=O)c2cccc3[nH]ccc23)o1. The Morgan fingerprint density at radius 1 is 1.35 bits per heavy atom. The molecule has 4 rings (SSSR count). The molecule has 3 heterocycles. The standard InChI is InChI=1S/C16H16N4O3/c1-10-18-19-15(23-10)14-9-22-8-7-20(14)16(21)12-3-2-4-13-11(12)5-6-17-13/h2-6,14,17H,7-9H2,1H3. The van der Waals surface area contributed by atoms with Crippen LogP contribution in [0.1, 0.15) is 28.2 Å². The number of carbonyl (C=O) groups excluding carboxylic acids is 1. The quantitative estimate of drug-likeness (QED) is 0.783. The average Bonchev–Trinajstić information content (AvgIpc) is 3.22. The summed E-state index contributed by atoms with van der Waals surface area (Å²) in [6.45, 7) is 3.08. The monoisotopic (exact) mass is 312 g/mol. The molecule has 1 aliphatic rings. The molecule has 1 atom stereocenters. The first-order chi connectivity index (χ1) is 11.2. The van der Waals surface area contributed by atoms with Gasteiger partial charge in [-0.15, -0.1) is 10.2 Å². The molecular weight excluding hydrogens is 296 g/mol. The lowest BCUT2D eigenvalue weighted by atomic mass is 10.1. The van der Waals surface area contributed by atoms with Crippen LogP contribution < -0.4 is 0 Å². The molecule has 7 heteroatoms. The molecule has 1 unspecified atom stereocenters. The number of rotatable bonds is 2. The highest BCUT2D eigenvalue weighted by Crippen LogP contribution is 2.27. The molecule has 1 aromatic carbocycles. The van der Waals surface area contributed by atoms with Gasteiger partial charge in [0.15, 0.2) is 0 Å². The van der Waals surface area contributed by atoms with Crippen molar-refractivity contribution in [2.45, 2.75) is 13.0 Å². The Bertz CT molecular complexity index is 854. The van der Waals surface area contributed by atoms with Crippen LogP contribution in [0.4, 0.5) is 0 Å². The number of aromatic nitrogens is 3. The number of benzene rings is 1. The predicted octanol–water partition coefficient (Wildman–Crippen LogP) is 2.07. The van der Waals surface area contributed by atoms with Gasteiger partial charge >= 0.3 is 0 Å². The molecule has 23 heavy (non-hydrogen) atoms. The number of nitrogens with one attached hydrogen (secondary N) is 1. The van der Waals surface area contributed by atoms with E-state index in [-0.39, 0.29) is 11.9 Å². The third kappa shape index (κ3) is 2.39. The number of aromatic amines is 1. The lowest BCUT2D eigenvalue weighted by molar-refractivity contribution is -0.0105. The van der Waals surface area contributed by atoms with Crippen molar-refractivity contribution in [3.63, 3.8) is 0 Å². The second-order valence-electron chi connectivity index (χ2n) is 5.49. The highest BCUT2D eigenvalue weighted by Gasteiger charge is 2.33. The van der Waals surface area contributed by atoms with E-state index < -0.39 is 0 Å². The average molecular weight is 312 g/mol. The maximum atomic E-state index is 13.1. The molecule has 0 spiro atoms. The maximum Gasteiger partial charge on any atom is 0.255 e. The van der Waals surface area contributed by atoms with Crippen molar-refractivity contribution in [1.82, 2.24) is 20.1 Å². The zero-order chi connectivity index (χ0) is 15.8. The smallest absolute Gasteiger partial charge is 0.255 e. The van der Waals surface area contributed by atoms with Crippen molar-refractivity contribution < 1.29 is 13.9 Å². The number of aryl methyl sites for hydroxylation is 1. The lowest BCUT2D eigenvalue weighted by Gasteiger charge is -2.33. The van der Waals surface area contributed by atoms with Crippen molar-refractivity contribution in [1.29, 1.82) is 0 Å². The van der Waals surface area contributed by atoms with Gasteiger partial charge in [0.05, 0.1) is 13.2 Å². The van der Waals surface area contributed by atoms with Crippen LogP contribution in [0.5, 0.6) is 0 Å². The van der Waals surface area contributed by atoms with Crippen molar-refractivity contribution in [2.24, 2.45) is 0 Å². The van der Waals surface area contributed by atoms with Crippen LogP contribution in [0.2, 0.25) is 0 Å². The minimum absolute atomic E-state index is 0.0562. The zero-order valence-electron chi connectivity index (χ0n) is 12.7. The number of fused-ring (bicyclic) bond motifs is 1. The zero-order valence-corrected chi connectivity index (χ0v) is 12.7. The Kier molecular flexibility index (Phi) is 3.34. The Morgan fingerprint density at radius 3 is 3.09 bits per heavy atom. The minimum Gasteiger partial charge on any atom is -0.423 e. The van der Waals surface area contributed by atoms with E-state index in [0.717, 1.165) is 10.9 Å². The fourth-order valence-electron chi connectivity index (χ4n) is 2.92. The number of morpholine rings is 1. The Labute approximate surface area is 132 Å². The summed E-state index contributed by atoms with van der Waals surface area (Å²) >= 11 is 0. The molecule has 0 radical (unpaired) electrons. The fourth-order valence-corrected chi connectivity index (χ4v) is 2.92. The van der Waals surface area contributed by atoms with Gasteiger partial charge in [-0.3, -0.25) is 4.79 Å². The highest BCUT2D eigenvalue weighted by atomic mass is 16.5. The summed E-state index contributed by atoms with van der Waals surface area (Å²) < 4.78 is 11.0. The molecule has 1 aliphatic heterocycles. The Morgan fingerprint density at radius 2 is 2.26 bits per heavy atom. The summed E-state index contributed by atoms with van der Waals surface area (Å²) in [5.41, 5.74) is 1.60. The summed E-state index contributed by atoms with van der Waals surface area (Å²) in [6.07, 6.45) is 1.83.